The molecular formula is C24H29N3O5S. The number of nitrogens with zero attached hydrogens (tertiary/aromatic N) is 3. The first-order valence-electron chi connectivity index (χ1n) is 11.0. The molecule has 1 amide bonds. The van der Waals surface area contributed by atoms with Gasteiger partial charge < -0.3 is 18.9 Å². The molecule has 1 aliphatic rings. The van der Waals surface area contributed by atoms with Gasteiger partial charge >= 0.3 is 0 Å². The third-order valence-corrected chi connectivity index (χ3v) is 6.59. The lowest BCUT2D eigenvalue weighted by atomic mass is 10.3. The molecule has 4 rings (SSSR count). The Kier molecular flexibility index (Phi) is 7.98. The lowest BCUT2D eigenvalue weighted by Gasteiger charge is -2.27. The fourth-order valence-electron chi connectivity index (χ4n) is 3.73. The van der Waals surface area contributed by atoms with Crippen molar-refractivity contribution < 1.29 is 23.7 Å². The van der Waals surface area contributed by atoms with Crippen LogP contribution in [-0.4, -0.2) is 76.0 Å². The van der Waals surface area contributed by atoms with E-state index in [4.69, 9.17) is 23.9 Å². The summed E-state index contributed by atoms with van der Waals surface area (Å²) in [7, 11) is 3.23. The summed E-state index contributed by atoms with van der Waals surface area (Å²) in [5.74, 6) is 1.87. The molecule has 0 spiro atoms. The molecule has 0 atom stereocenters. The Morgan fingerprint density at radius 1 is 1.09 bits per heavy atom. The van der Waals surface area contributed by atoms with Crippen molar-refractivity contribution in [1.82, 2.24) is 9.88 Å². The number of anilines is 1. The molecule has 0 bridgehead atoms. The van der Waals surface area contributed by atoms with Gasteiger partial charge in [0.25, 0.3) is 5.91 Å². The number of methoxy groups -OCH3 is 2. The molecule has 1 fully saturated rings. The molecule has 33 heavy (non-hydrogen) atoms. The first-order chi connectivity index (χ1) is 16.2. The highest BCUT2D eigenvalue weighted by Gasteiger charge is 2.23. The molecule has 0 unspecified atom stereocenters. The Morgan fingerprint density at radius 2 is 1.82 bits per heavy atom. The largest absolute Gasteiger partial charge is 0.495 e. The fourth-order valence-corrected chi connectivity index (χ4v) is 4.85. The summed E-state index contributed by atoms with van der Waals surface area (Å²) >= 11 is 1.42. The maximum Gasteiger partial charge on any atom is 0.266 e. The maximum absolute atomic E-state index is 13.3. The summed E-state index contributed by atoms with van der Waals surface area (Å²) in [4.78, 5) is 22.1. The predicted molar refractivity (Wildman–Crippen MR) is 129 cm³/mol. The van der Waals surface area contributed by atoms with Crippen molar-refractivity contribution in [3.05, 3.63) is 42.5 Å². The quantitative estimate of drug-likeness (QED) is 0.448. The number of morpholine rings is 1. The second-order valence-electron chi connectivity index (χ2n) is 7.60. The lowest BCUT2D eigenvalue weighted by Crippen LogP contribution is -2.40. The van der Waals surface area contributed by atoms with E-state index < -0.39 is 0 Å². The van der Waals surface area contributed by atoms with E-state index in [0.29, 0.717) is 34.4 Å². The molecule has 1 saturated heterocycles. The third-order valence-electron chi connectivity index (χ3n) is 5.50. The second kappa shape index (κ2) is 11.3. The minimum absolute atomic E-state index is 0.0637. The van der Waals surface area contributed by atoms with E-state index in [-0.39, 0.29) is 12.5 Å². The van der Waals surface area contributed by atoms with Crippen LogP contribution >= 0.6 is 11.3 Å². The van der Waals surface area contributed by atoms with E-state index in [9.17, 15) is 4.79 Å². The van der Waals surface area contributed by atoms with E-state index in [0.717, 1.165) is 44.0 Å². The number of amides is 1. The molecule has 0 N–H and O–H groups in total. The first kappa shape index (κ1) is 23.3. The zero-order chi connectivity index (χ0) is 23.0. The van der Waals surface area contributed by atoms with Crippen LogP contribution in [0, 0.1) is 0 Å². The number of hydrogen-bond donors (Lipinski definition) is 0. The average molecular weight is 472 g/mol. The SMILES string of the molecule is COc1ccc(OC)c2sc(N(CCCN3CCOCC3)C(=O)COc3ccccc3)nc12. The summed E-state index contributed by atoms with van der Waals surface area (Å²) in [5, 5.41) is 0.608. The zero-order valence-electron chi connectivity index (χ0n) is 19.0. The fraction of sp³-hybridized carbons (Fsp3) is 0.417. The van der Waals surface area contributed by atoms with Gasteiger partial charge in [0.2, 0.25) is 0 Å². The minimum Gasteiger partial charge on any atom is -0.495 e. The molecule has 2 heterocycles. The van der Waals surface area contributed by atoms with E-state index in [1.807, 2.05) is 42.5 Å². The van der Waals surface area contributed by atoms with Crippen LogP contribution in [0.3, 0.4) is 0 Å². The number of thiazole rings is 1. The number of carbonyl (C=O) groups is 1. The Bertz CT molecular complexity index is 1010. The number of fused-ring (bicyclic) bond motifs is 1. The van der Waals surface area contributed by atoms with Crippen molar-refractivity contribution in [2.75, 3.05) is 65.1 Å². The number of carbonyl (C=O) groups excluding carboxylic acids is 1. The zero-order valence-corrected chi connectivity index (χ0v) is 19.8. The molecule has 176 valence electrons. The number of rotatable bonds is 10. The lowest BCUT2D eigenvalue weighted by molar-refractivity contribution is -0.120. The van der Waals surface area contributed by atoms with E-state index in [1.54, 1.807) is 19.1 Å². The highest BCUT2D eigenvalue weighted by atomic mass is 32.1. The van der Waals surface area contributed by atoms with Gasteiger partial charge in [-0.15, -0.1) is 0 Å². The summed E-state index contributed by atoms with van der Waals surface area (Å²) in [6, 6.07) is 13.0. The Hall–Kier alpha value is -2.88. The topological polar surface area (TPSA) is 73.4 Å². The van der Waals surface area contributed by atoms with Gasteiger partial charge in [-0.1, -0.05) is 29.5 Å². The van der Waals surface area contributed by atoms with Gasteiger partial charge in [0.15, 0.2) is 11.7 Å². The number of benzene rings is 2. The summed E-state index contributed by atoms with van der Waals surface area (Å²) in [6.45, 7) is 4.71. The van der Waals surface area contributed by atoms with Crippen molar-refractivity contribution in [2.45, 2.75) is 6.42 Å². The molecule has 8 nitrogen and oxygen atoms in total. The molecule has 3 aromatic rings. The van der Waals surface area contributed by atoms with Crippen molar-refractivity contribution >= 4 is 32.6 Å². The highest BCUT2D eigenvalue weighted by molar-refractivity contribution is 7.22. The van der Waals surface area contributed by atoms with Gasteiger partial charge in [-0.2, -0.15) is 0 Å². The van der Waals surface area contributed by atoms with Crippen molar-refractivity contribution in [1.29, 1.82) is 0 Å². The molecule has 1 aliphatic heterocycles. The van der Waals surface area contributed by atoms with Crippen LogP contribution < -0.4 is 19.1 Å². The molecule has 2 aromatic carbocycles. The van der Waals surface area contributed by atoms with Gasteiger partial charge in [-0.25, -0.2) is 4.98 Å². The van der Waals surface area contributed by atoms with E-state index >= 15 is 0 Å². The predicted octanol–water partition coefficient (Wildman–Crippen LogP) is 3.45. The molecule has 0 aliphatic carbocycles. The Labute approximate surface area is 197 Å². The summed E-state index contributed by atoms with van der Waals surface area (Å²) < 4.78 is 23.0. The molecule has 9 heteroatoms. The number of hydrogen-bond acceptors (Lipinski definition) is 8. The van der Waals surface area contributed by atoms with Gasteiger partial charge in [0.05, 0.1) is 27.4 Å². The number of aromatic nitrogens is 1. The normalized spacial score (nSPS) is 14.2. The average Bonchev–Trinajstić information content (AvgIpc) is 3.31. The van der Waals surface area contributed by atoms with Gasteiger partial charge in [-0.3, -0.25) is 14.6 Å². The van der Waals surface area contributed by atoms with Crippen molar-refractivity contribution in [3.63, 3.8) is 0 Å². The van der Waals surface area contributed by atoms with Crippen LogP contribution in [0.4, 0.5) is 5.13 Å². The second-order valence-corrected chi connectivity index (χ2v) is 8.58. The Balaban J connectivity index is 1.55. The summed E-state index contributed by atoms with van der Waals surface area (Å²) in [6.07, 6.45) is 0.821. The number of para-hydroxylation sites is 1. The maximum atomic E-state index is 13.3. The van der Waals surface area contributed by atoms with Crippen molar-refractivity contribution in [3.8, 4) is 17.2 Å². The van der Waals surface area contributed by atoms with Crippen LogP contribution in [0.15, 0.2) is 42.5 Å². The van der Waals surface area contributed by atoms with Gasteiger partial charge in [-0.05, 0) is 30.7 Å². The molecule has 0 saturated carbocycles. The van der Waals surface area contributed by atoms with Crippen LogP contribution in [0.1, 0.15) is 6.42 Å². The van der Waals surface area contributed by atoms with E-state index in [1.165, 1.54) is 11.3 Å². The summed E-state index contributed by atoms with van der Waals surface area (Å²) in [5.41, 5.74) is 0.687. The highest BCUT2D eigenvalue weighted by Crippen LogP contribution is 2.40. The van der Waals surface area contributed by atoms with Crippen molar-refractivity contribution in [2.24, 2.45) is 0 Å². The monoisotopic (exact) mass is 471 g/mol. The van der Waals surface area contributed by atoms with Gasteiger partial charge in [0.1, 0.15) is 27.5 Å². The minimum atomic E-state index is -0.141. The molecular weight excluding hydrogens is 442 g/mol. The third kappa shape index (κ3) is 5.73. The Morgan fingerprint density at radius 3 is 2.55 bits per heavy atom. The van der Waals surface area contributed by atoms with E-state index in [2.05, 4.69) is 4.90 Å². The molecule has 0 radical (unpaired) electrons. The smallest absolute Gasteiger partial charge is 0.266 e. The number of ether oxygens (including phenoxy) is 4. The standard InChI is InChI=1S/C24H29N3O5S/c1-29-19-9-10-20(30-2)23-22(19)25-24(33-23)27(12-6-11-26-13-15-31-16-14-26)21(28)17-32-18-7-4-3-5-8-18/h3-5,7-10H,6,11-17H2,1-2H3. The van der Waals surface area contributed by atoms with Crippen LogP contribution in [0.5, 0.6) is 17.2 Å². The van der Waals surface area contributed by atoms with Crippen LogP contribution in [-0.2, 0) is 9.53 Å². The van der Waals surface area contributed by atoms with Crippen LogP contribution in [0.25, 0.3) is 10.2 Å². The first-order valence-corrected chi connectivity index (χ1v) is 11.8. The van der Waals surface area contributed by atoms with Gasteiger partial charge in [0, 0.05) is 26.2 Å². The van der Waals surface area contributed by atoms with Crippen LogP contribution in [0.2, 0.25) is 0 Å². The molecule has 1 aromatic heterocycles.